The molecule has 2 aromatic rings. The molecule has 2 N–H and O–H groups in total. The Hall–Kier alpha value is -1.84. The van der Waals surface area contributed by atoms with E-state index >= 15 is 0 Å². The van der Waals surface area contributed by atoms with Crippen molar-refractivity contribution < 1.29 is 8.91 Å². The van der Waals surface area contributed by atoms with Gasteiger partial charge in [-0.3, -0.25) is 0 Å². The second-order valence-electron chi connectivity index (χ2n) is 3.69. The monoisotopic (exact) mass is 220 g/mol. The third kappa shape index (κ3) is 1.66. The molecule has 0 aliphatic carbocycles. The van der Waals surface area contributed by atoms with Gasteiger partial charge in [0.05, 0.1) is 0 Å². The van der Waals surface area contributed by atoms with E-state index in [0.717, 1.165) is 5.56 Å². The maximum Gasteiger partial charge on any atom is 0.172 e. The molecule has 16 heavy (non-hydrogen) atoms. The maximum absolute atomic E-state index is 13.4. The van der Waals surface area contributed by atoms with Gasteiger partial charge >= 0.3 is 0 Å². The summed E-state index contributed by atoms with van der Waals surface area (Å²) in [6.07, 6.45) is 0.708. The number of hydrogen-bond donors (Lipinski definition) is 1. The summed E-state index contributed by atoms with van der Waals surface area (Å²) in [6.45, 7) is 3.67. The topological polar surface area (TPSA) is 52.0 Å². The lowest BCUT2D eigenvalue weighted by Gasteiger charge is -2.01. The van der Waals surface area contributed by atoms with Crippen LogP contribution in [0.4, 0.5) is 10.2 Å². The summed E-state index contributed by atoms with van der Waals surface area (Å²) < 4.78 is 18.5. The van der Waals surface area contributed by atoms with E-state index in [4.69, 9.17) is 10.3 Å². The summed E-state index contributed by atoms with van der Waals surface area (Å²) in [5.74, 6) is 0.673. The fourth-order valence-electron chi connectivity index (χ4n) is 1.62. The Balaban J connectivity index is 2.54. The third-order valence-electron chi connectivity index (χ3n) is 2.61. The number of nitrogens with zero attached hydrogens (tertiary/aromatic N) is 1. The number of aryl methyl sites for hydroxylation is 1. The number of nitrogen functional groups attached to an aromatic ring is 1. The highest BCUT2D eigenvalue weighted by molar-refractivity contribution is 5.66. The van der Waals surface area contributed by atoms with E-state index in [-0.39, 0.29) is 5.82 Å². The quantitative estimate of drug-likeness (QED) is 0.846. The molecule has 1 heterocycles. The molecule has 0 fully saturated rings. The number of aromatic nitrogens is 1. The highest BCUT2D eigenvalue weighted by Crippen LogP contribution is 2.29. The average molecular weight is 220 g/mol. The fourth-order valence-corrected chi connectivity index (χ4v) is 1.62. The third-order valence-corrected chi connectivity index (χ3v) is 2.61. The van der Waals surface area contributed by atoms with E-state index in [0.29, 0.717) is 29.1 Å². The van der Waals surface area contributed by atoms with Crippen LogP contribution in [0.3, 0.4) is 0 Å². The van der Waals surface area contributed by atoms with Gasteiger partial charge in [-0.05, 0) is 25.0 Å². The van der Waals surface area contributed by atoms with Crippen molar-refractivity contribution >= 4 is 5.82 Å². The number of benzene rings is 1. The van der Waals surface area contributed by atoms with E-state index in [9.17, 15) is 4.39 Å². The summed E-state index contributed by atoms with van der Waals surface area (Å²) in [7, 11) is 0. The molecule has 84 valence electrons. The van der Waals surface area contributed by atoms with Gasteiger partial charge in [-0.1, -0.05) is 24.2 Å². The zero-order valence-corrected chi connectivity index (χ0v) is 9.25. The molecule has 3 nitrogen and oxygen atoms in total. The van der Waals surface area contributed by atoms with Gasteiger partial charge in [0, 0.05) is 11.1 Å². The minimum atomic E-state index is -0.255. The van der Waals surface area contributed by atoms with Crippen molar-refractivity contribution in [3.05, 3.63) is 35.1 Å². The lowest BCUT2D eigenvalue weighted by atomic mass is 10.0. The first-order chi connectivity index (χ1) is 7.63. The summed E-state index contributed by atoms with van der Waals surface area (Å²) >= 11 is 0. The SMILES string of the molecule is CCc1c(N)noc1-c1ccc(C)c(F)c1. The number of rotatable bonds is 2. The van der Waals surface area contributed by atoms with Crippen molar-refractivity contribution in [1.29, 1.82) is 0 Å². The van der Waals surface area contributed by atoms with Crippen LogP contribution in [0.2, 0.25) is 0 Å². The first-order valence-corrected chi connectivity index (χ1v) is 5.14. The van der Waals surface area contributed by atoms with Crippen LogP contribution in [0.1, 0.15) is 18.1 Å². The van der Waals surface area contributed by atoms with E-state index in [1.807, 2.05) is 6.92 Å². The lowest BCUT2D eigenvalue weighted by Crippen LogP contribution is -1.91. The van der Waals surface area contributed by atoms with Crippen LogP contribution in [-0.4, -0.2) is 5.16 Å². The van der Waals surface area contributed by atoms with Gasteiger partial charge in [0.15, 0.2) is 11.6 Å². The molecule has 1 aromatic carbocycles. The molecule has 4 heteroatoms. The van der Waals surface area contributed by atoms with Crippen molar-refractivity contribution in [3.63, 3.8) is 0 Å². The second kappa shape index (κ2) is 3.96. The standard InChI is InChI=1S/C12H13FN2O/c1-3-9-11(16-15-12(9)14)8-5-4-7(2)10(13)6-8/h4-6H,3H2,1-2H3,(H2,14,15). The van der Waals surface area contributed by atoms with Gasteiger partial charge in [-0.25, -0.2) is 4.39 Å². The average Bonchev–Trinajstić information content (AvgIpc) is 2.63. The summed E-state index contributed by atoms with van der Waals surface area (Å²) in [6, 6.07) is 4.95. The lowest BCUT2D eigenvalue weighted by molar-refractivity contribution is 0.434. The molecule has 0 aliphatic heterocycles. The van der Waals surface area contributed by atoms with Gasteiger partial charge in [0.2, 0.25) is 0 Å². The molecular weight excluding hydrogens is 207 g/mol. The molecular formula is C12H13FN2O. The van der Waals surface area contributed by atoms with Crippen molar-refractivity contribution in [2.75, 3.05) is 5.73 Å². The molecule has 1 aromatic heterocycles. The summed E-state index contributed by atoms with van der Waals surface area (Å²) in [5, 5.41) is 3.70. The van der Waals surface area contributed by atoms with Crippen molar-refractivity contribution in [1.82, 2.24) is 5.16 Å². The van der Waals surface area contributed by atoms with Crippen molar-refractivity contribution in [3.8, 4) is 11.3 Å². The molecule has 0 radical (unpaired) electrons. The first-order valence-electron chi connectivity index (χ1n) is 5.14. The van der Waals surface area contributed by atoms with Crippen LogP contribution in [0, 0.1) is 12.7 Å². The number of hydrogen-bond acceptors (Lipinski definition) is 3. The summed E-state index contributed by atoms with van der Waals surface area (Å²) in [4.78, 5) is 0. The van der Waals surface area contributed by atoms with E-state index in [1.54, 1.807) is 19.1 Å². The van der Waals surface area contributed by atoms with E-state index < -0.39 is 0 Å². The highest BCUT2D eigenvalue weighted by Gasteiger charge is 2.14. The Morgan fingerprint density at radius 1 is 1.44 bits per heavy atom. The van der Waals surface area contributed by atoms with Crippen LogP contribution >= 0.6 is 0 Å². The Morgan fingerprint density at radius 3 is 2.81 bits per heavy atom. The molecule has 0 unspecified atom stereocenters. The molecule has 0 atom stereocenters. The van der Waals surface area contributed by atoms with Crippen LogP contribution in [-0.2, 0) is 6.42 Å². The first kappa shape index (κ1) is 10.7. The molecule has 0 spiro atoms. The van der Waals surface area contributed by atoms with Gasteiger partial charge < -0.3 is 10.3 Å². The van der Waals surface area contributed by atoms with Crippen LogP contribution < -0.4 is 5.73 Å². The van der Waals surface area contributed by atoms with Crippen LogP contribution in [0.25, 0.3) is 11.3 Å². The van der Waals surface area contributed by atoms with E-state index in [1.165, 1.54) is 6.07 Å². The largest absolute Gasteiger partial charge is 0.381 e. The molecule has 0 amide bonds. The molecule has 0 saturated carbocycles. The Labute approximate surface area is 93.1 Å². The normalized spacial score (nSPS) is 10.7. The highest BCUT2D eigenvalue weighted by atomic mass is 19.1. The number of nitrogens with two attached hydrogens (primary N) is 1. The number of anilines is 1. The predicted octanol–water partition coefficient (Wildman–Crippen LogP) is 2.93. The Morgan fingerprint density at radius 2 is 2.19 bits per heavy atom. The van der Waals surface area contributed by atoms with Crippen LogP contribution in [0.15, 0.2) is 22.7 Å². The number of halogens is 1. The molecule has 0 saturated heterocycles. The van der Waals surface area contributed by atoms with Crippen molar-refractivity contribution in [2.45, 2.75) is 20.3 Å². The second-order valence-corrected chi connectivity index (χ2v) is 3.69. The molecule has 2 rings (SSSR count). The molecule has 0 bridgehead atoms. The molecule has 0 aliphatic rings. The van der Waals surface area contributed by atoms with Gasteiger partial charge in [0.25, 0.3) is 0 Å². The zero-order chi connectivity index (χ0) is 11.7. The Bertz CT molecular complexity index is 520. The van der Waals surface area contributed by atoms with Crippen molar-refractivity contribution in [2.24, 2.45) is 0 Å². The predicted molar refractivity (Wildman–Crippen MR) is 60.4 cm³/mol. The maximum atomic E-state index is 13.4. The smallest absolute Gasteiger partial charge is 0.172 e. The Kier molecular flexibility index (Phi) is 2.64. The van der Waals surface area contributed by atoms with Crippen LogP contribution in [0.5, 0.6) is 0 Å². The van der Waals surface area contributed by atoms with Gasteiger partial charge in [0.1, 0.15) is 5.82 Å². The van der Waals surface area contributed by atoms with Gasteiger partial charge in [-0.15, -0.1) is 0 Å². The summed E-state index contributed by atoms with van der Waals surface area (Å²) in [5.41, 5.74) is 7.76. The minimum Gasteiger partial charge on any atom is -0.381 e. The fraction of sp³-hybridized carbons (Fsp3) is 0.250. The van der Waals surface area contributed by atoms with E-state index in [2.05, 4.69) is 5.16 Å². The minimum absolute atomic E-state index is 0.255. The zero-order valence-electron chi connectivity index (χ0n) is 9.25. The van der Waals surface area contributed by atoms with Gasteiger partial charge in [-0.2, -0.15) is 0 Å².